The third-order valence-electron chi connectivity index (χ3n) is 2.73. The van der Waals surface area contributed by atoms with Crippen LogP contribution in [0.2, 0.25) is 0 Å². The molecule has 17 heavy (non-hydrogen) atoms. The summed E-state index contributed by atoms with van der Waals surface area (Å²) in [6, 6.07) is 8.58. The van der Waals surface area contributed by atoms with Crippen LogP contribution in [0.25, 0.3) is 0 Å². The van der Waals surface area contributed by atoms with Gasteiger partial charge in [-0.2, -0.15) is 0 Å². The first-order chi connectivity index (χ1) is 8.06. The van der Waals surface area contributed by atoms with Crippen molar-refractivity contribution in [2.75, 3.05) is 24.7 Å². The molecule has 0 saturated heterocycles. The lowest BCUT2D eigenvalue weighted by Crippen LogP contribution is -2.08. The van der Waals surface area contributed by atoms with Gasteiger partial charge < -0.3 is 10.6 Å². The van der Waals surface area contributed by atoms with Crippen LogP contribution in [0, 0.1) is 6.92 Å². The summed E-state index contributed by atoms with van der Waals surface area (Å²) >= 11 is 1.58. The van der Waals surface area contributed by atoms with Crippen molar-refractivity contribution < 1.29 is 0 Å². The van der Waals surface area contributed by atoms with Gasteiger partial charge in [-0.25, -0.2) is 4.98 Å². The summed E-state index contributed by atoms with van der Waals surface area (Å²) < 4.78 is 0. The van der Waals surface area contributed by atoms with Crippen LogP contribution in [0.1, 0.15) is 16.1 Å². The van der Waals surface area contributed by atoms with E-state index in [4.69, 9.17) is 5.73 Å². The molecule has 2 aromatic rings. The van der Waals surface area contributed by atoms with Gasteiger partial charge in [-0.05, 0) is 24.6 Å². The second-order valence-corrected chi connectivity index (χ2v) is 5.41. The van der Waals surface area contributed by atoms with E-state index in [-0.39, 0.29) is 0 Å². The number of nitrogens with two attached hydrogens (primary N) is 1. The smallest absolute Gasteiger partial charge is 0.180 e. The molecule has 2 N–H and O–H groups in total. The molecule has 0 amide bonds. The van der Waals surface area contributed by atoms with Crippen LogP contribution >= 0.6 is 11.3 Å². The van der Waals surface area contributed by atoms with Crippen LogP contribution in [0.4, 0.5) is 10.8 Å². The normalized spacial score (nSPS) is 10.5. The molecule has 0 atom stereocenters. The number of anilines is 2. The molecule has 0 unspecified atom stereocenters. The van der Waals surface area contributed by atoms with Gasteiger partial charge in [-0.1, -0.05) is 12.1 Å². The third kappa shape index (κ3) is 2.77. The van der Waals surface area contributed by atoms with E-state index < -0.39 is 0 Å². The number of nitrogen functional groups attached to an aromatic ring is 1. The standard InChI is InChI=1S/C13H17N3S/c1-9-12(17-13(14)15-9)8-10-4-6-11(7-5-10)16(2)3/h4-7H,8H2,1-3H3,(H2,14,15). The quantitative estimate of drug-likeness (QED) is 0.906. The molecule has 0 bridgehead atoms. The molecule has 0 saturated carbocycles. The highest BCUT2D eigenvalue weighted by Gasteiger charge is 2.06. The molecule has 3 nitrogen and oxygen atoms in total. The minimum absolute atomic E-state index is 0.655. The Morgan fingerprint density at radius 1 is 1.24 bits per heavy atom. The van der Waals surface area contributed by atoms with Crippen molar-refractivity contribution in [3.8, 4) is 0 Å². The average Bonchev–Trinajstić information content (AvgIpc) is 2.58. The topological polar surface area (TPSA) is 42.1 Å². The van der Waals surface area contributed by atoms with Gasteiger partial charge in [-0.3, -0.25) is 0 Å². The van der Waals surface area contributed by atoms with E-state index in [1.54, 1.807) is 11.3 Å². The maximum Gasteiger partial charge on any atom is 0.180 e. The van der Waals surface area contributed by atoms with Gasteiger partial charge in [0, 0.05) is 31.1 Å². The van der Waals surface area contributed by atoms with E-state index in [0.717, 1.165) is 12.1 Å². The van der Waals surface area contributed by atoms with Crippen LogP contribution in [0.15, 0.2) is 24.3 Å². The SMILES string of the molecule is Cc1nc(N)sc1Cc1ccc(N(C)C)cc1. The molecular weight excluding hydrogens is 230 g/mol. The number of aryl methyl sites for hydroxylation is 1. The molecule has 0 aliphatic rings. The zero-order chi connectivity index (χ0) is 12.4. The van der Waals surface area contributed by atoms with Crippen LogP contribution in [0.3, 0.4) is 0 Å². The van der Waals surface area contributed by atoms with Crippen molar-refractivity contribution in [2.24, 2.45) is 0 Å². The number of thiazole rings is 1. The maximum absolute atomic E-state index is 5.70. The summed E-state index contributed by atoms with van der Waals surface area (Å²) in [4.78, 5) is 7.59. The first-order valence-corrected chi connectivity index (χ1v) is 6.36. The van der Waals surface area contributed by atoms with E-state index in [0.29, 0.717) is 5.13 Å². The Bertz CT molecular complexity index is 500. The Morgan fingerprint density at radius 2 is 1.88 bits per heavy atom. The Balaban J connectivity index is 2.16. The van der Waals surface area contributed by atoms with Crippen LogP contribution < -0.4 is 10.6 Å². The van der Waals surface area contributed by atoms with Crippen molar-refractivity contribution >= 4 is 22.2 Å². The second-order valence-electron chi connectivity index (χ2n) is 4.30. The first-order valence-electron chi connectivity index (χ1n) is 5.54. The number of aromatic nitrogens is 1. The van der Waals surface area contributed by atoms with Gasteiger partial charge >= 0.3 is 0 Å². The average molecular weight is 247 g/mol. The second kappa shape index (κ2) is 4.75. The fourth-order valence-corrected chi connectivity index (χ4v) is 2.58. The molecule has 0 radical (unpaired) electrons. The van der Waals surface area contributed by atoms with Crippen LogP contribution in [-0.4, -0.2) is 19.1 Å². The molecule has 1 aromatic carbocycles. The number of hydrogen-bond acceptors (Lipinski definition) is 4. The minimum Gasteiger partial charge on any atom is -0.378 e. The lowest BCUT2D eigenvalue weighted by Gasteiger charge is -2.12. The van der Waals surface area contributed by atoms with Gasteiger partial charge in [0.2, 0.25) is 0 Å². The summed E-state index contributed by atoms with van der Waals surface area (Å²) in [5.41, 5.74) is 9.25. The van der Waals surface area contributed by atoms with E-state index in [2.05, 4.69) is 34.1 Å². The predicted molar refractivity (Wildman–Crippen MR) is 74.8 cm³/mol. The lowest BCUT2D eigenvalue weighted by atomic mass is 10.1. The molecule has 2 rings (SSSR count). The predicted octanol–water partition coefficient (Wildman–Crippen LogP) is 2.69. The largest absolute Gasteiger partial charge is 0.378 e. The first kappa shape index (κ1) is 11.9. The number of benzene rings is 1. The number of rotatable bonds is 3. The van der Waals surface area contributed by atoms with E-state index in [1.807, 2.05) is 21.0 Å². The van der Waals surface area contributed by atoms with Crippen molar-refractivity contribution in [3.05, 3.63) is 40.4 Å². The fourth-order valence-electron chi connectivity index (χ4n) is 1.71. The third-order valence-corrected chi connectivity index (χ3v) is 3.71. The number of hydrogen-bond donors (Lipinski definition) is 1. The van der Waals surface area contributed by atoms with Gasteiger partial charge in [0.25, 0.3) is 0 Å². The molecule has 0 spiro atoms. The monoisotopic (exact) mass is 247 g/mol. The van der Waals surface area contributed by atoms with Crippen LogP contribution in [0.5, 0.6) is 0 Å². The van der Waals surface area contributed by atoms with Crippen molar-refractivity contribution in [3.63, 3.8) is 0 Å². The molecule has 0 aliphatic carbocycles. The Morgan fingerprint density at radius 3 is 2.35 bits per heavy atom. The van der Waals surface area contributed by atoms with Gasteiger partial charge in [0.1, 0.15) is 0 Å². The molecule has 1 heterocycles. The fraction of sp³-hybridized carbons (Fsp3) is 0.308. The summed E-state index contributed by atoms with van der Waals surface area (Å²) in [5.74, 6) is 0. The minimum atomic E-state index is 0.655. The molecule has 90 valence electrons. The van der Waals surface area contributed by atoms with Crippen molar-refractivity contribution in [1.29, 1.82) is 0 Å². The maximum atomic E-state index is 5.70. The number of nitrogens with zero attached hydrogens (tertiary/aromatic N) is 2. The summed E-state index contributed by atoms with van der Waals surface area (Å²) in [6.45, 7) is 2.01. The molecular formula is C13H17N3S. The highest BCUT2D eigenvalue weighted by atomic mass is 32.1. The van der Waals surface area contributed by atoms with E-state index >= 15 is 0 Å². The summed E-state index contributed by atoms with van der Waals surface area (Å²) in [6.07, 6.45) is 0.911. The highest BCUT2D eigenvalue weighted by molar-refractivity contribution is 7.15. The van der Waals surface area contributed by atoms with E-state index in [1.165, 1.54) is 16.1 Å². The van der Waals surface area contributed by atoms with Crippen molar-refractivity contribution in [2.45, 2.75) is 13.3 Å². The molecule has 0 aliphatic heterocycles. The highest BCUT2D eigenvalue weighted by Crippen LogP contribution is 2.23. The zero-order valence-corrected chi connectivity index (χ0v) is 11.2. The Labute approximate surface area is 106 Å². The van der Waals surface area contributed by atoms with Gasteiger partial charge in [0.05, 0.1) is 5.69 Å². The Hall–Kier alpha value is -1.55. The molecule has 4 heteroatoms. The van der Waals surface area contributed by atoms with Gasteiger partial charge in [0.15, 0.2) is 5.13 Å². The zero-order valence-electron chi connectivity index (χ0n) is 10.4. The van der Waals surface area contributed by atoms with Gasteiger partial charge in [-0.15, -0.1) is 11.3 Å². The van der Waals surface area contributed by atoms with Crippen molar-refractivity contribution in [1.82, 2.24) is 4.98 Å². The Kier molecular flexibility index (Phi) is 3.33. The molecule has 0 fully saturated rings. The van der Waals surface area contributed by atoms with Crippen LogP contribution in [-0.2, 0) is 6.42 Å². The molecule has 1 aromatic heterocycles. The van der Waals surface area contributed by atoms with E-state index in [9.17, 15) is 0 Å². The summed E-state index contributed by atoms with van der Waals surface area (Å²) in [7, 11) is 4.09. The lowest BCUT2D eigenvalue weighted by molar-refractivity contribution is 1.12. The summed E-state index contributed by atoms with van der Waals surface area (Å²) in [5, 5.41) is 0.655.